The highest BCUT2D eigenvalue weighted by atomic mass is 19.4. The van der Waals surface area contributed by atoms with E-state index in [-0.39, 0.29) is 6.42 Å². The second kappa shape index (κ2) is 15.1. The predicted molar refractivity (Wildman–Crippen MR) is 122 cm³/mol. The highest BCUT2D eigenvalue weighted by molar-refractivity contribution is 5.88. The Hall–Kier alpha value is -1.98. The molecule has 0 spiro atoms. The number of alkyl halides is 17. The van der Waals surface area contributed by atoms with Gasteiger partial charge in [0.05, 0.1) is 6.61 Å². The van der Waals surface area contributed by atoms with Crippen molar-refractivity contribution < 1.29 is 84.2 Å². The molecule has 0 rings (SSSR count). The van der Waals surface area contributed by atoms with E-state index < -0.39 is 78.3 Å². The van der Waals surface area contributed by atoms with Crippen molar-refractivity contribution in [2.24, 2.45) is 0 Å². The van der Waals surface area contributed by atoms with Gasteiger partial charge in [-0.25, -0.2) is 4.79 Å². The lowest BCUT2D eigenvalue weighted by Gasteiger charge is -2.42. The van der Waals surface area contributed by atoms with Crippen LogP contribution in [0.3, 0.4) is 0 Å². The molecule has 0 aliphatic rings. The van der Waals surface area contributed by atoms with Gasteiger partial charge in [-0.15, -0.1) is 0 Å². The van der Waals surface area contributed by atoms with E-state index in [0.29, 0.717) is 12.8 Å². The summed E-state index contributed by atoms with van der Waals surface area (Å²) < 4.78 is 232. The summed E-state index contributed by atoms with van der Waals surface area (Å²) in [5.74, 6) is -59.1. The molecule has 0 aromatic heterocycles. The minimum atomic E-state index is -8.70. The average Bonchev–Trinajstić information content (AvgIpc) is 2.88. The molecule has 0 aliphatic carbocycles. The van der Waals surface area contributed by atoms with E-state index in [4.69, 9.17) is 0 Å². The maximum atomic E-state index is 14.2. The first-order valence-corrected chi connectivity index (χ1v) is 13.3. The first kappa shape index (κ1) is 42.0. The van der Waals surface area contributed by atoms with Crippen LogP contribution in [0.1, 0.15) is 84.5 Å². The van der Waals surface area contributed by atoms with E-state index in [2.05, 4.69) is 4.74 Å². The lowest BCUT2D eigenvalue weighted by atomic mass is 9.88. The summed E-state index contributed by atoms with van der Waals surface area (Å²) in [7, 11) is 0. The number of rotatable bonds is 20. The third kappa shape index (κ3) is 8.43. The monoisotopic (exact) mass is 686 g/mol. The van der Waals surface area contributed by atoms with Crippen molar-refractivity contribution in [1.82, 2.24) is 0 Å². The number of halogens is 17. The molecule has 44 heavy (non-hydrogen) atoms. The summed E-state index contributed by atoms with van der Waals surface area (Å²) in [6.45, 7) is 2.30. The molecule has 0 saturated heterocycles. The molecule has 0 aliphatic heterocycles. The smallest absolute Gasteiger partial charge is 0.460 e. The summed E-state index contributed by atoms with van der Waals surface area (Å²) in [5, 5.41) is 0. The Labute approximate surface area is 241 Å². The van der Waals surface area contributed by atoms with Crippen LogP contribution in [0.2, 0.25) is 0 Å². The van der Waals surface area contributed by atoms with Crippen molar-refractivity contribution >= 4 is 5.97 Å². The van der Waals surface area contributed by atoms with Crippen LogP contribution in [0.4, 0.5) is 74.6 Å². The second-order valence-electron chi connectivity index (χ2n) is 9.91. The van der Waals surface area contributed by atoms with Crippen molar-refractivity contribution in [1.29, 1.82) is 0 Å². The van der Waals surface area contributed by atoms with E-state index in [1.165, 1.54) is 0 Å². The molecule has 0 aromatic rings. The Morgan fingerprint density at radius 2 is 0.841 bits per heavy atom. The van der Waals surface area contributed by atoms with Crippen molar-refractivity contribution in [3.05, 3.63) is 11.6 Å². The van der Waals surface area contributed by atoms with Crippen LogP contribution in [0.15, 0.2) is 11.6 Å². The summed E-state index contributed by atoms with van der Waals surface area (Å²) in [6, 6.07) is 0. The van der Waals surface area contributed by atoms with Gasteiger partial charge in [-0.1, -0.05) is 71.6 Å². The van der Waals surface area contributed by atoms with Crippen molar-refractivity contribution in [2.45, 2.75) is 132 Å². The van der Waals surface area contributed by atoms with E-state index in [1.807, 2.05) is 6.92 Å². The Kier molecular flexibility index (Phi) is 14.4. The Balaban J connectivity index is 5.79. The minimum Gasteiger partial charge on any atom is -0.462 e. The lowest BCUT2D eigenvalue weighted by Crippen LogP contribution is -2.74. The molecule has 0 unspecified atom stereocenters. The van der Waals surface area contributed by atoms with Crippen molar-refractivity contribution in [3.63, 3.8) is 0 Å². The number of allylic oxidation sites excluding steroid dienone is 1. The molecule has 0 radical (unpaired) electrons. The number of carbonyl (C=O) groups excluding carboxylic acids is 1. The summed E-state index contributed by atoms with van der Waals surface area (Å²) in [5.41, 5.74) is -1.60. The second-order valence-corrected chi connectivity index (χ2v) is 9.91. The van der Waals surface area contributed by atoms with Gasteiger partial charge >= 0.3 is 53.6 Å². The maximum absolute atomic E-state index is 14.2. The van der Waals surface area contributed by atoms with Gasteiger partial charge in [0.2, 0.25) is 0 Å². The van der Waals surface area contributed by atoms with E-state index >= 15 is 0 Å². The topological polar surface area (TPSA) is 26.3 Å². The van der Waals surface area contributed by atoms with Crippen LogP contribution in [-0.2, 0) is 9.53 Å². The van der Waals surface area contributed by atoms with Gasteiger partial charge in [0, 0.05) is 11.6 Å². The molecular weight excluding hydrogens is 655 g/mol. The number of carbonyl (C=O) groups is 1. The van der Waals surface area contributed by atoms with Crippen LogP contribution in [0, 0.1) is 0 Å². The molecule has 2 nitrogen and oxygen atoms in total. The van der Waals surface area contributed by atoms with Gasteiger partial charge in [0.1, 0.15) is 0 Å². The van der Waals surface area contributed by atoms with Crippen LogP contribution >= 0.6 is 0 Å². The van der Waals surface area contributed by atoms with Crippen LogP contribution in [0.25, 0.3) is 0 Å². The molecule has 0 aromatic carbocycles. The van der Waals surface area contributed by atoms with Crippen molar-refractivity contribution in [3.8, 4) is 0 Å². The normalized spacial score (nSPS) is 15.1. The minimum absolute atomic E-state index is 0.112. The molecule has 0 heterocycles. The SMILES string of the molecule is CCCCCCCCCCCCOC(=O)C(=CC(F)(F)C(F)(F)C(F)(F)C(F)(F)C(F)(F)C(F)(F)C(F)(F)C(F)(F)F)CC. The highest BCUT2D eigenvalue weighted by Gasteiger charge is 2.95. The quantitative estimate of drug-likeness (QED) is 0.0552. The molecule has 0 N–H and O–H groups in total. The van der Waals surface area contributed by atoms with Gasteiger partial charge in [-0.05, 0) is 12.8 Å². The molecule has 19 heteroatoms. The fourth-order valence-corrected chi connectivity index (χ4v) is 3.64. The Morgan fingerprint density at radius 3 is 1.20 bits per heavy atom. The number of hydrogen-bond donors (Lipinski definition) is 0. The van der Waals surface area contributed by atoms with Crippen LogP contribution < -0.4 is 0 Å². The zero-order valence-electron chi connectivity index (χ0n) is 23.3. The van der Waals surface area contributed by atoms with Gasteiger partial charge in [0.15, 0.2) is 0 Å². The van der Waals surface area contributed by atoms with Crippen LogP contribution in [0.5, 0.6) is 0 Å². The molecular formula is C25H31F17O2. The number of esters is 1. The fourth-order valence-electron chi connectivity index (χ4n) is 3.64. The molecule has 0 atom stereocenters. The van der Waals surface area contributed by atoms with E-state index in [0.717, 1.165) is 51.9 Å². The van der Waals surface area contributed by atoms with Gasteiger partial charge in [0.25, 0.3) is 0 Å². The first-order valence-electron chi connectivity index (χ1n) is 13.3. The Bertz CT molecular complexity index is 939. The van der Waals surface area contributed by atoms with Gasteiger partial charge in [-0.2, -0.15) is 74.6 Å². The number of ether oxygens (including phenoxy) is 1. The molecule has 0 amide bonds. The lowest BCUT2D eigenvalue weighted by molar-refractivity contribution is -0.459. The standard InChI is InChI=1S/C25H31F17O2/c1-3-5-6-7-8-9-10-11-12-13-14-44-17(43)16(4-2)15-18(26,27)19(28,29)20(30,31)21(32,33)22(34,35)23(36,37)24(38,39)25(40,41)42/h15H,3-14H2,1-2H3. The largest absolute Gasteiger partial charge is 0.462 e. The van der Waals surface area contributed by atoms with Crippen molar-refractivity contribution in [2.75, 3.05) is 6.61 Å². The maximum Gasteiger partial charge on any atom is 0.460 e. The molecule has 0 bridgehead atoms. The summed E-state index contributed by atoms with van der Waals surface area (Å²) in [4.78, 5) is 12.0. The number of hydrogen-bond acceptors (Lipinski definition) is 2. The molecule has 0 fully saturated rings. The molecule has 262 valence electrons. The van der Waals surface area contributed by atoms with Crippen LogP contribution in [-0.4, -0.2) is 60.2 Å². The van der Waals surface area contributed by atoms with E-state index in [9.17, 15) is 79.4 Å². The third-order valence-electron chi connectivity index (χ3n) is 6.48. The zero-order chi connectivity index (χ0) is 35.1. The van der Waals surface area contributed by atoms with Gasteiger partial charge < -0.3 is 4.74 Å². The first-order chi connectivity index (χ1) is 19.7. The predicted octanol–water partition coefficient (Wildman–Crippen LogP) is 10.8. The zero-order valence-corrected chi connectivity index (χ0v) is 23.3. The van der Waals surface area contributed by atoms with Gasteiger partial charge in [-0.3, -0.25) is 0 Å². The third-order valence-corrected chi connectivity index (χ3v) is 6.48. The average molecular weight is 686 g/mol. The van der Waals surface area contributed by atoms with E-state index in [1.54, 1.807) is 0 Å². The number of unbranched alkanes of at least 4 members (excludes halogenated alkanes) is 9. The fraction of sp³-hybridized carbons (Fsp3) is 0.880. The Morgan fingerprint density at radius 1 is 0.500 bits per heavy atom. The summed E-state index contributed by atoms with van der Waals surface area (Å²) >= 11 is 0. The highest BCUT2D eigenvalue weighted by Crippen LogP contribution is 2.64. The molecule has 0 saturated carbocycles. The summed E-state index contributed by atoms with van der Waals surface area (Å²) in [6.07, 6.45) is -2.13.